The standard InChI is InChI=1S/C21H29N3O/c1-23(2)12-7-13-24-15-19-18(20(24)14-22)10-6-11-21(19)25-16-17-8-4-3-5-9-17/h3-6,8-11,20H,7,12-16,22H2,1-2H3. The van der Waals surface area contributed by atoms with Crippen molar-refractivity contribution in [2.45, 2.75) is 25.6 Å². The Labute approximate surface area is 151 Å². The van der Waals surface area contributed by atoms with Crippen LogP contribution in [-0.4, -0.2) is 43.5 Å². The highest BCUT2D eigenvalue weighted by molar-refractivity contribution is 5.45. The molecule has 4 nitrogen and oxygen atoms in total. The van der Waals surface area contributed by atoms with Gasteiger partial charge in [-0.1, -0.05) is 42.5 Å². The van der Waals surface area contributed by atoms with Crippen LogP contribution in [-0.2, 0) is 13.2 Å². The minimum atomic E-state index is 0.303. The highest BCUT2D eigenvalue weighted by atomic mass is 16.5. The van der Waals surface area contributed by atoms with Crippen LogP contribution in [0.25, 0.3) is 0 Å². The molecule has 3 rings (SSSR count). The largest absolute Gasteiger partial charge is 0.489 e. The fourth-order valence-electron chi connectivity index (χ4n) is 3.55. The van der Waals surface area contributed by atoms with Crippen LogP contribution in [0, 0.1) is 0 Å². The van der Waals surface area contributed by atoms with Crippen LogP contribution in [0.3, 0.4) is 0 Å². The summed E-state index contributed by atoms with van der Waals surface area (Å²) in [6.07, 6.45) is 1.15. The van der Waals surface area contributed by atoms with Gasteiger partial charge in [0, 0.05) is 31.2 Å². The van der Waals surface area contributed by atoms with Crippen LogP contribution >= 0.6 is 0 Å². The predicted molar refractivity (Wildman–Crippen MR) is 103 cm³/mol. The summed E-state index contributed by atoms with van der Waals surface area (Å²) in [5, 5.41) is 0. The molecule has 0 fully saturated rings. The van der Waals surface area contributed by atoms with Crippen molar-refractivity contribution >= 4 is 0 Å². The molecule has 0 aromatic heterocycles. The Kier molecular flexibility index (Phi) is 6.08. The second kappa shape index (κ2) is 8.48. The third-order valence-electron chi connectivity index (χ3n) is 4.84. The zero-order chi connectivity index (χ0) is 17.6. The Bertz CT molecular complexity index is 672. The Balaban J connectivity index is 1.70. The number of fused-ring (bicyclic) bond motifs is 1. The van der Waals surface area contributed by atoms with E-state index >= 15 is 0 Å². The van der Waals surface area contributed by atoms with Crippen LogP contribution in [0.15, 0.2) is 48.5 Å². The van der Waals surface area contributed by atoms with E-state index < -0.39 is 0 Å². The van der Waals surface area contributed by atoms with Crippen molar-refractivity contribution in [3.63, 3.8) is 0 Å². The van der Waals surface area contributed by atoms with E-state index in [9.17, 15) is 0 Å². The summed E-state index contributed by atoms with van der Waals surface area (Å²) in [6.45, 7) is 4.34. The third-order valence-corrected chi connectivity index (χ3v) is 4.84. The van der Waals surface area contributed by atoms with Crippen molar-refractivity contribution in [3.8, 4) is 5.75 Å². The van der Waals surface area contributed by atoms with Crippen molar-refractivity contribution in [2.75, 3.05) is 33.7 Å². The number of ether oxygens (including phenoxy) is 1. The maximum atomic E-state index is 6.14. The van der Waals surface area contributed by atoms with Gasteiger partial charge in [-0.05, 0) is 44.3 Å². The van der Waals surface area contributed by atoms with Gasteiger partial charge in [-0.3, -0.25) is 4.90 Å². The number of hydrogen-bond donors (Lipinski definition) is 1. The van der Waals surface area contributed by atoms with Crippen LogP contribution in [0.2, 0.25) is 0 Å². The van der Waals surface area contributed by atoms with Gasteiger partial charge in [0.1, 0.15) is 12.4 Å². The maximum Gasteiger partial charge on any atom is 0.124 e. The Hall–Kier alpha value is -1.88. The molecule has 134 valence electrons. The number of benzene rings is 2. The van der Waals surface area contributed by atoms with Crippen molar-refractivity contribution < 1.29 is 4.74 Å². The lowest BCUT2D eigenvalue weighted by atomic mass is 10.0. The minimum absolute atomic E-state index is 0.303. The number of nitrogens with two attached hydrogens (primary N) is 1. The molecule has 2 N–H and O–H groups in total. The molecule has 0 saturated heterocycles. The van der Waals surface area contributed by atoms with E-state index in [1.165, 1.54) is 16.7 Å². The molecule has 0 saturated carbocycles. The first-order valence-corrected chi connectivity index (χ1v) is 9.06. The zero-order valence-corrected chi connectivity index (χ0v) is 15.3. The van der Waals surface area contributed by atoms with E-state index in [0.717, 1.165) is 31.8 Å². The molecule has 25 heavy (non-hydrogen) atoms. The molecule has 0 radical (unpaired) electrons. The molecular formula is C21H29N3O. The van der Waals surface area contributed by atoms with Gasteiger partial charge in [0.25, 0.3) is 0 Å². The van der Waals surface area contributed by atoms with Gasteiger partial charge >= 0.3 is 0 Å². The summed E-state index contributed by atoms with van der Waals surface area (Å²) in [4.78, 5) is 4.72. The van der Waals surface area contributed by atoms with Gasteiger partial charge in [0.05, 0.1) is 0 Å². The molecule has 0 aliphatic carbocycles. The fraction of sp³-hybridized carbons (Fsp3) is 0.429. The molecular weight excluding hydrogens is 310 g/mol. The smallest absolute Gasteiger partial charge is 0.124 e. The molecule has 1 aliphatic heterocycles. The van der Waals surface area contributed by atoms with Gasteiger partial charge in [-0.25, -0.2) is 0 Å². The van der Waals surface area contributed by atoms with Crippen LogP contribution in [0.1, 0.15) is 29.2 Å². The van der Waals surface area contributed by atoms with Crippen LogP contribution < -0.4 is 10.5 Å². The maximum absolute atomic E-state index is 6.14. The molecule has 1 aliphatic rings. The molecule has 0 amide bonds. The average Bonchev–Trinajstić information content (AvgIpc) is 2.98. The van der Waals surface area contributed by atoms with Crippen molar-refractivity contribution in [2.24, 2.45) is 5.73 Å². The van der Waals surface area contributed by atoms with E-state index in [2.05, 4.69) is 54.2 Å². The summed E-state index contributed by atoms with van der Waals surface area (Å²) in [6, 6.07) is 17.0. The molecule has 0 bridgehead atoms. The lowest BCUT2D eigenvalue weighted by Crippen LogP contribution is -2.30. The molecule has 4 heteroatoms. The summed E-state index contributed by atoms with van der Waals surface area (Å²) < 4.78 is 6.14. The molecule has 1 atom stereocenters. The lowest BCUT2D eigenvalue weighted by Gasteiger charge is -2.24. The fourth-order valence-corrected chi connectivity index (χ4v) is 3.55. The lowest BCUT2D eigenvalue weighted by molar-refractivity contribution is 0.206. The molecule has 2 aromatic rings. The number of rotatable bonds is 8. The topological polar surface area (TPSA) is 41.7 Å². The second-order valence-electron chi connectivity index (χ2n) is 6.98. The van der Waals surface area contributed by atoms with E-state index in [0.29, 0.717) is 19.2 Å². The Morgan fingerprint density at radius 3 is 2.64 bits per heavy atom. The van der Waals surface area contributed by atoms with E-state index in [1.807, 2.05) is 18.2 Å². The minimum Gasteiger partial charge on any atom is -0.489 e. The van der Waals surface area contributed by atoms with E-state index in [-0.39, 0.29) is 0 Å². The van der Waals surface area contributed by atoms with E-state index in [1.54, 1.807) is 0 Å². The first kappa shape index (κ1) is 17.9. The van der Waals surface area contributed by atoms with Crippen LogP contribution in [0.5, 0.6) is 5.75 Å². The summed E-state index contributed by atoms with van der Waals surface area (Å²) in [5.41, 5.74) is 9.92. The van der Waals surface area contributed by atoms with Gasteiger partial charge < -0.3 is 15.4 Å². The molecule has 1 unspecified atom stereocenters. The molecule has 1 heterocycles. The van der Waals surface area contributed by atoms with Gasteiger partial charge in [-0.15, -0.1) is 0 Å². The van der Waals surface area contributed by atoms with Crippen molar-refractivity contribution in [1.29, 1.82) is 0 Å². The number of nitrogens with zero attached hydrogens (tertiary/aromatic N) is 2. The second-order valence-corrected chi connectivity index (χ2v) is 6.98. The first-order valence-electron chi connectivity index (χ1n) is 9.06. The summed E-state index contributed by atoms with van der Waals surface area (Å²) in [5.74, 6) is 0.995. The monoisotopic (exact) mass is 339 g/mol. The molecule has 0 spiro atoms. The Morgan fingerprint density at radius 2 is 1.92 bits per heavy atom. The van der Waals surface area contributed by atoms with Gasteiger partial charge in [-0.2, -0.15) is 0 Å². The first-order chi connectivity index (χ1) is 12.2. The zero-order valence-electron chi connectivity index (χ0n) is 15.3. The predicted octanol–water partition coefficient (Wildman–Crippen LogP) is 3.03. The average molecular weight is 339 g/mol. The van der Waals surface area contributed by atoms with Crippen LogP contribution in [0.4, 0.5) is 0 Å². The van der Waals surface area contributed by atoms with Crippen molar-refractivity contribution in [3.05, 3.63) is 65.2 Å². The van der Waals surface area contributed by atoms with Gasteiger partial charge in [0.15, 0.2) is 0 Å². The highest BCUT2D eigenvalue weighted by Crippen LogP contribution is 2.38. The SMILES string of the molecule is CN(C)CCCN1Cc2c(OCc3ccccc3)cccc2C1CN. The number of hydrogen-bond acceptors (Lipinski definition) is 4. The normalized spacial score (nSPS) is 17.0. The third kappa shape index (κ3) is 4.40. The molecule has 2 aromatic carbocycles. The Morgan fingerprint density at radius 1 is 1.12 bits per heavy atom. The van der Waals surface area contributed by atoms with Gasteiger partial charge in [0.2, 0.25) is 0 Å². The summed E-state index contributed by atoms with van der Waals surface area (Å²) in [7, 11) is 4.24. The summed E-state index contributed by atoms with van der Waals surface area (Å²) >= 11 is 0. The van der Waals surface area contributed by atoms with Crippen molar-refractivity contribution in [1.82, 2.24) is 9.80 Å². The highest BCUT2D eigenvalue weighted by Gasteiger charge is 2.30. The van der Waals surface area contributed by atoms with E-state index in [4.69, 9.17) is 10.5 Å². The quantitative estimate of drug-likeness (QED) is 0.803.